The molecule has 0 aromatic rings. The van der Waals surface area contributed by atoms with Crippen LogP contribution in [-0.4, -0.2) is 6.19 Å². The summed E-state index contributed by atoms with van der Waals surface area (Å²) >= 11 is 2.27. The largest absolute Gasteiger partial charge is 1.00 e. The average Bonchev–Trinajstić information content (AvgIpc) is 3.27. The van der Waals surface area contributed by atoms with Crippen LogP contribution in [0.5, 0.6) is 0 Å². The van der Waals surface area contributed by atoms with Crippen LogP contribution in [0.15, 0.2) is 34.4 Å². The van der Waals surface area contributed by atoms with Crippen molar-refractivity contribution in [1.29, 1.82) is 0 Å². The van der Waals surface area contributed by atoms with Gasteiger partial charge >= 0.3 is 38.5 Å². The molecule has 0 fully saturated rings. The Morgan fingerprint density at radius 2 is 1.11 bits per heavy atom. The van der Waals surface area contributed by atoms with Gasteiger partial charge in [0.25, 0.3) is 0 Å². The Bertz CT molecular complexity index is 485. The minimum Gasteiger partial charge on any atom is -1.00 e. The molecule has 0 unspecified atom stereocenters. The summed E-state index contributed by atoms with van der Waals surface area (Å²) in [7, 11) is 0. The van der Waals surface area contributed by atoms with Crippen molar-refractivity contribution in [3.8, 4) is 0 Å². The van der Waals surface area contributed by atoms with E-state index in [2.05, 4.69) is 84.3 Å². The molecule has 0 heterocycles. The van der Waals surface area contributed by atoms with Crippen LogP contribution in [-0.2, 0) is 19.2 Å². The third kappa shape index (κ3) is 18.5. The number of hydrogen-bond acceptors (Lipinski definition) is 0. The second-order valence-corrected chi connectivity index (χ2v) is 14.0. The van der Waals surface area contributed by atoms with Crippen molar-refractivity contribution in [2.45, 2.75) is 105 Å². The van der Waals surface area contributed by atoms with E-state index < -0.39 is 0 Å². The van der Waals surface area contributed by atoms with E-state index in [1.165, 1.54) is 62.5 Å². The first kappa shape index (κ1) is 33.1. The normalized spacial score (nSPS) is 14.0. The molecule has 0 atom stereocenters. The number of halogens is 2. The van der Waals surface area contributed by atoms with Crippen LogP contribution in [0.2, 0.25) is 13.1 Å². The minimum atomic E-state index is 0. The van der Waals surface area contributed by atoms with Crippen molar-refractivity contribution in [2.75, 3.05) is 0 Å². The second kappa shape index (κ2) is 22.2. The van der Waals surface area contributed by atoms with Gasteiger partial charge in [0.1, 0.15) is 0 Å². The molecule has 0 saturated carbocycles. The van der Waals surface area contributed by atoms with Crippen molar-refractivity contribution in [1.82, 2.24) is 0 Å². The van der Waals surface area contributed by atoms with Crippen LogP contribution >= 0.6 is 0 Å². The van der Waals surface area contributed by atoms with E-state index in [1.807, 2.05) is 0 Å². The molecule has 0 nitrogen and oxygen atoms in total. The first-order valence-corrected chi connectivity index (χ1v) is 15.4. The molecule has 28 heavy (non-hydrogen) atoms. The van der Waals surface area contributed by atoms with Gasteiger partial charge in [0.05, 0.1) is 0 Å². The molecule has 4 heteroatoms. The van der Waals surface area contributed by atoms with E-state index in [1.54, 1.807) is 11.1 Å². The van der Waals surface area contributed by atoms with E-state index >= 15 is 0 Å². The van der Waals surface area contributed by atoms with Gasteiger partial charge in [-0.3, -0.25) is 12.2 Å². The summed E-state index contributed by atoms with van der Waals surface area (Å²) in [4.78, 5) is 0. The van der Waals surface area contributed by atoms with Crippen LogP contribution in [0.3, 0.4) is 0 Å². The van der Waals surface area contributed by atoms with Gasteiger partial charge in [-0.2, -0.15) is 11.1 Å². The third-order valence-corrected chi connectivity index (χ3v) is 4.35. The predicted octanol–water partition coefficient (Wildman–Crippen LogP) is 2.08. The third-order valence-electron chi connectivity index (χ3n) is 4.35. The van der Waals surface area contributed by atoms with Gasteiger partial charge in [0.2, 0.25) is 0 Å². The Balaban J connectivity index is -0.000000355. The molecule has 2 rings (SSSR count). The minimum absolute atomic E-state index is 0. The molecule has 2 aliphatic carbocycles. The molecular weight excluding hydrogens is 435 g/mol. The van der Waals surface area contributed by atoms with Gasteiger partial charge in [0.15, 0.2) is 0 Å². The van der Waals surface area contributed by atoms with E-state index in [9.17, 15) is 0 Å². The average molecular weight is 475 g/mol. The standard InChI is InChI=1S/2C11H17.C2H6Si.2ClH.Ti/c2*1-3-5-6-11-8-7-10(4-2)9-11;1-3-2;;;/h2*9H,3-7H2,1-2H3;1-2H3;2*1H;/q2*-1;;;;+2/p-2. The smallest absolute Gasteiger partial charge is 1.00 e. The SMILES string of the molecule is CCCCC1=[C-]CC(CC)=C1.CCCCC1=[C-]CC(CC)=C1.C[Si](C)=[Ti+2].[Cl-].[Cl-]. The zero-order valence-electron chi connectivity index (χ0n) is 19.0. The topological polar surface area (TPSA) is 0 Å². The fraction of sp³-hybridized carbons (Fsp3) is 0.667. The molecule has 0 N–H and O–H groups in total. The van der Waals surface area contributed by atoms with Gasteiger partial charge in [-0.05, 0) is 0 Å². The molecule has 0 saturated heterocycles. The van der Waals surface area contributed by atoms with Crippen molar-refractivity contribution in [3.05, 3.63) is 46.6 Å². The Labute approximate surface area is 200 Å². The number of unbranched alkanes of at least 4 members (excludes halogenated alkanes) is 2. The monoisotopic (exact) mass is 474 g/mol. The molecule has 160 valence electrons. The Morgan fingerprint density at radius 3 is 1.32 bits per heavy atom. The van der Waals surface area contributed by atoms with Crippen molar-refractivity contribution in [2.24, 2.45) is 0 Å². The maximum Gasteiger partial charge on any atom is -1.00 e. The summed E-state index contributed by atoms with van der Waals surface area (Å²) in [5.41, 5.74) is 6.00. The van der Waals surface area contributed by atoms with Gasteiger partial charge in [-0.15, -0.1) is 12.8 Å². The molecule has 0 aliphatic heterocycles. The summed E-state index contributed by atoms with van der Waals surface area (Å²) in [6.45, 7) is 13.4. The molecule has 0 aromatic carbocycles. The predicted molar refractivity (Wildman–Crippen MR) is 116 cm³/mol. The number of hydrogen-bond donors (Lipinski definition) is 0. The molecular formula is C24H40Cl2SiTi-2. The van der Waals surface area contributed by atoms with Crippen LogP contribution in [0.1, 0.15) is 91.9 Å². The fourth-order valence-electron chi connectivity index (χ4n) is 2.66. The van der Waals surface area contributed by atoms with Crippen molar-refractivity contribution < 1.29 is 44.0 Å². The molecule has 2 aliphatic rings. The van der Waals surface area contributed by atoms with E-state index in [0.717, 1.165) is 12.8 Å². The Morgan fingerprint density at radius 1 is 0.786 bits per heavy atom. The molecule has 0 spiro atoms. The van der Waals surface area contributed by atoms with Gasteiger partial charge in [-0.25, -0.2) is 23.3 Å². The summed E-state index contributed by atoms with van der Waals surface area (Å²) in [5.74, 6) is 0. The van der Waals surface area contributed by atoms with Crippen molar-refractivity contribution in [3.63, 3.8) is 0 Å². The van der Waals surface area contributed by atoms with E-state index in [-0.39, 0.29) is 31.0 Å². The van der Waals surface area contributed by atoms with Gasteiger partial charge in [-0.1, -0.05) is 79.1 Å². The van der Waals surface area contributed by atoms with Crippen LogP contribution in [0.4, 0.5) is 0 Å². The van der Waals surface area contributed by atoms with Gasteiger partial charge < -0.3 is 24.8 Å². The van der Waals surface area contributed by atoms with Crippen molar-refractivity contribution >= 4 is 6.19 Å². The quantitative estimate of drug-likeness (QED) is 0.373. The van der Waals surface area contributed by atoms with E-state index in [4.69, 9.17) is 0 Å². The molecule has 0 radical (unpaired) electrons. The second-order valence-electron chi connectivity index (χ2n) is 7.28. The Hall–Kier alpha value is 0.471. The first-order valence-electron chi connectivity index (χ1n) is 10.6. The first-order chi connectivity index (χ1) is 12.5. The maximum absolute atomic E-state index is 3.42. The van der Waals surface area contributed by atoms with Crippen LogP contribution in [0, 0.1) is 12.2 Å². The molecule has 0 amide bonds. The Kier molecular flexibility index (Phi) is 26.2. The zero-order chi connectivity index (χ0) is 19.8. The van der Waals surface area contributed by atoms with E-state index in [0.29, 0.717) is 0 Å². The molecule has 0 bridgehead atoms. The number of rotatable bonds is 8. The summed E-state index contributed by atoms with van der Waals surface area (Å²) in [6, 6.07) is 0. The van der Waals surface area contributed by atoms with Gasteiger partial charge in [0, 0.05) is 0 Å². The summed E-state index contributed by atoms with van der Waals surface area (Å²) in [5, 5.41) is 0. The summed E-state index contributed by atoms with van der Waals surface area (Å²) < 4.78 is 0. The summed E-state index contributed by atoms with van der Waals surface area (Å²) in [6.07, 6.45) is 23.9. The zero-order valence-corrected chi connectivity index (χ0v) is 23.1. The number of allylic oxidation sites excluding steroid dienone is 8. The molecule has 0 aromatic heterocycles. The maximum atomic E-state index is 3.42. The van der Waals surface area contributed by atoms with Crippen LogP contribution < -0.4 is 24.8 Å². The van der Waals surface area contributed by atoms with Crippen LogP contribution in [0.25, 0.3) is 0 Å². The fourth-order valence-corrected chi connectivity index (χ4v) is 2.66.